The first-order chi connectivity index (χ1) is 7.42. The van der Waals surface area contributed by atoms with Gasteiger partial charge in [0, 0.05) is 0 Å². The van der Waals surface area contributed by atoms with Gasteiger partial charge >= 0.3 is 30.8 Å². The van der Waals surface area contributed by atoms with Gasteiger partial charge in [-0.3, -0.25) is 9.59 Å². The van der Waals surface area contributed by atoms with E-state index in [4.69, 9.17) is 15.5 Å². The first kappa shape index (κ1) is 13.3. The zero-order chi connectivity index (χ0) is 12.7. The predicted octanol–water partition coefficient (Wildman–Crippen LogP) is -2.76. The molecule has 10 heteroatoms. The molecule has 0 aromatic rings. The lowest BCUT2D eigenvalue weighted by molar-refractivity contribution is -0.151. The summed E-state index contributed by atoms with van der Waals surface area (Å²) in [5, 5.41) is 24.5. The topological polar surface area (TPSA) is 155 Å². The fraction of sp³-hybridized carbons (Fsp3) is 0. The van der Waals surface area contributed by atoms with Crippen LogP contribution < -0.4 is 0 Å². The van der Waals surface area contributed by atoms with Gasteiger partial charge in [0.25, 0.3) is 0 Å². The lowest BCUT2D eigenvalue weighted by atomic mass is 10.2. The summed E-state index contributed by atoms with van der Waals surface area (Å²) in [5.41, 5.74) is 0. The normalized spacial score (nSPS) is 7.94. The molecule has 0 saturated carbocycles. The molecule has 0 unspecified atom stereocenters. The van der Waals surface area contributed by atoms with Crippen molar-refractivity contribution in [3.63, 3.8) is 0 Å². The van der Waals surface area contributed by atoms with Crippen LogP contribution in [0.3, 0.4) is 0 Å². The molecule has 16 heavy (non-hydrogen) atoms. The number of rotatable bonds is 4. The smallest absolute Gasteiger partial charge is 0.467 e. The molecule has 0 amide bonds. The number of nitriles is 2. The Bertz CT molecular complexity index is 391. The van der Waals surface area contributed by atoms with Crippen LogP contribution in [0.2, 0.25) is 0 Å². The van der Waals surface area contributed by atoms with E-state index in [9.17, 15) is 19.2 Å². The van der Waals surface area contributed by atoms with Gasteiger partial charge in [-0.1, -0.05) is 0 Å². The standard InChI is InChI=1S/C6HBN2O7/c8-1-3(10)5(12)15-7(14)16-6(13)4(11)2-9/h14H. The average molecular weight is 224 g/mol. The van der Waals surface area contributed by atoms with Gasteiger partial charge < -0.3 is 14.3 Å². The lowest BCUT2D eigenvalue weighted by Crippen LogP contribution is -2.34. The van der Waals surface area contributed by atoms with Gasteiger partial charge in [-0.05, 0) is 0 Å². The molecule has 0 spiro atoms. The van der Waals surface area contributed by atoms with Gasteiger partial charge in [0.15, 0.2) is 12.1 Å². The van der Waals surface area contributed by atoms with E-state index in [2.05, 4.69) is 9.31 Å². The zero-order valence-electron chi connectivity index (χ0n) is 7.37. The molecule has 9 nitrogen and oxygen atoms in total. The summed E-state index contributed by atoms with van der Waals surface area (Å²) in [7, 11) is -2.55. The van der Waals surface area contributed by atoms with Crippen molar-refractivity contribution in [2.24, 2.45) is 0 Å². The Kier molecular flexibility index (Phi) is 4.90. The van der Waals surface area contributed by atoms with E-state index in [1.165, 1.54) is 0 Å². The van der Waals surface area contributed by atoms with Crippen LogP contribution in [0, 0.1) is 22.7 Å². The molecule has 0 aliphatic heterocycles. The Morgan fingerprint density at radius 2 is 1.25 bits per heavy atom. The molecule has 80 valence electrons. The van der Waals surface area contributed by atoms with Crippen molar-refractivity contribution in [3.8, 4) is 12.1 Å². The maximum Gasteiger partial charge on any atom is 0.789 e. The van der Waals surface area contributed by atoms with E-state index in [-0.39, 0.29) is 0 Å². The fourth-order valence-corrected chi connectivity index (χ4v) is 0.406. The molecule has 0 aromatic heterocycles. The minimum absolute atomic E-state index is 0.873. The van der Waals surface area contributed by atoms with Crippen molar-refractivity contribution in [2.45, 2.75) is 0 Å². The molecule has 0 bridgehead atoms. The summed E-state index contributed by atoms with van der Waals surface area (Å²) in [6.07, 6.45) is 0. The van der Waals surface area contributed by atoms with E-state index in [1.54, 1.807) is 0 Å². The molecule has 0 fully saturated rings. The molecule has 0 saturated heterocycles. The molecule has 0 aliphatic rings. The van der Waals surface area contributed by atoms with Crippen molar-refractivity contribution in [2.75, 3.05) is 0 Å². The van der Waals surface area contributed by atoms with Crippen molar-refractivity contribution < 1.29 is 33.5 Å². The summed E-state index contributed by atoms with van der Waals surface area (Å²) in [5.74, 6) is -6.82. The summed E-state index contributed by atoms with van der Waals surface area (Å²) >= 11 is 0. The Morgan fingerprint density at radius 1 is 0.938 bits per heavy atom. The highest BCUT2D eigenvalue weighted by atomic mass is 16.7. The van der Waals surface area contributed by atoms with E-state index >= 15 is 0 Å². The molecule has 0 aromatic carbocycles. The molecule has 0 rings (SSSR count). The van der Waals surface area contributed by atoms with E-state index in [0.29, 0.717) is 0 Å². The molecule has 0 heterocycles. The minimum Gasteiger partial charge on any atom is -0.467 e. The molecular formula is C6HBN2O7. The average Bonchev–Trinajstić information content (AvgIpc) is 2.26. The molecule has 0 aliphatic carbocycles. The second-order valence-electron chi connectivity index (χ2n) is 2.00. The van der Waals surface area contributed by atoms with Crippen LogP contribution in [0.5, 0.6) is 0 Å². The number of hydrogen-bond acceptors (Lipinski definition) is 9. The van der Waals surface area contributed by atoms with Gasteiger partial charge in [0.2, 0.25) is 0 Å². The van der Waals surface area contributed by atoms with E-state index in [1.807, 2.05) is 0 Å². The number of carbonyl (C=O) groups excluding carboxylic acids is 4. The minimum atomic E-state index is -2.55. The highest BCUT2D eigenvalue weighted by Gasteiger charge is 2.32. The first-order valence-corrected chi connectivity index (χ1v) is 3.40. The largest absolute Gasteiger partial charge is 0.789 e. The fourth-order valence-electron chi connectivity index (χ4n) is 0.406. The monoisotopic (exact) mass is 224 g/mol. The Balaban J connectivity index is 4.27. The highest BCUT2D eigenvalue weighted by molar-refractivity contribution is 6.53. The zero-order valence-corrected chi connectivity index (χ0v) is 7.37. The van der Waals surface area contributed by atoms with Crippen LogP contribution in [0.4, 0.5) is 0 Å². The van der Waals surface area contributed by atoms with E-state index < -0.39 is 30.8 Å². The summed E-state index contributed by atoms with van der Waals surface area (Å²) in [4.78, 5) is 41.7. The quantitative estimate of drug-likeness (QED) is 0.303. The Hall–Kier alpha value is -2.72. The Morgan fingerprint density at radius 3 is 1.50 bits per heavy atom. The third-order valence-corrected chi connectivity index (χ3v) is 0.990. The molecule has 0 atom stereocenters. The maximum atomic E-state index is 10.5. The molecular weight excluding hydrogens is 223 g/mol. The van der Waals surface area contributed by atoms with E-state index in [0.717, 1.165) is 12.1 Å². The van der Waals surface area contributed by atoms with Crippen LogP contribution in [0.15, 0.2) is 0 Å². The number of carbonyl (C=O) groups is 4. The van der Waals surface area contributed by atoms with Gasteiger partial charge in [0.1, 0.15) is 0 Å². The van der Waals surface area contributed by atoms with Gasteiger partial charge in [-0.15, -0.1) is 0 Å². The number of Topliss-reactive ketones (excluding diaryl/α,β-unsaturated/α-hetero) is 2. The number of hydrogen-bond donors (Lipinski definition) is 1. The van der Waals surface area contributed by atoms with Crippen LogP contribution >= 0.6 is 0 Å². The lowest BCUT2D eigenvalue weighted by Gasteiger charge is -2.03. The van der Waals surface area contributed by atoms with Crippen LogP contribution in [-0.4, -0.2) is 35.9 Å². The van der Waals surface area contributed by atoms with Crippen LogP contribution in [-0.2, 0) is 28.5 Å². The van der Waals surface area contributed by atoms with Gasteiger partial charge in [0.05, 0.1) is 0 Å². The number of nitrogens with zero attached hydrogens (tertiary/aromatic N) is 2. The summed E-state index contributed by atoms with van der Waals surface area (Å²) in [6.45, 7) is 0. The second kappa shape index (κ2) is 5.90. The highest BCUT2D eigenvalue weighted by Crippen LogP contribution is 1.90. The molecule has 1 N–H and O–H groups in total. The van der Waals surface area contributed by atoms with Crippen molar-refractivity contribution >= 4 is 30.8 Å². The number of ketones is 2. The maximum absolute atomic E-state index is 10.5. The van der Waals surface area contributed by atoms with Crippen LogP contribution in [0.1, 0.15) is 0 Å². The third kappa shape index (κ3) is 4.00. The summed E-state index contributed by atoms with van der Waals surface area (Å²) < 4.78 is 7.42. The van der Waals surface area contributed by atoms with Crippen LogP contribution in [0.25, 0.3) is 0 Å². The van der Waals surface area contributed by atoms with Crippen molar-refractivity contribution in [1.29, 1.82) is 10.5 Å². The second-order valence-corrected chi connectivity index (χ2v) is 2.00. The third-order valence-electron chi connectivity index (χ3n) is 0.990. The van der Waals surface area contributed by atoms with Crippen molar-refractivity contribution in [3.05, 3.63) is 0 Å². The first-order valence-electron chi connectivity index (χ1n) is 3.40. The Labute approximate surface area is 87.9 Å². The SMILES string of the molecule is N#CC(=O)C(=O)OB(O)OC(=O)C(=O)C#N. The predicted molar refractivity (Wildman–Crippen MR) is 41.4 cm³/mol. The summed E-state index contributed by atoms with van der Waals surface area (Å²) in [6, 6.07) is 1.75. The van der Waals surface area contributed by atoms with Gasteiger partial charge in [-0.2, -0.15) is 10.5 Å². The van der Waals surface area contributed by atoms with Crippen molar-refractivity contribution in [1.82, 2.24) is 0 Å². The van der Waals surface area contributed by atoms with Gasteiger partial charge in [-0.25, -0.2) is 9.59 Å². The molecule has 0 radical (unpaired) electrons.